The molecule has 0 aromatic heterocycles. The standard InChI is InChI=1S/C12H18N2O2/c1-9-6-10(8-11(7-9)13-2)12(16)14(3)4-5-15/h6-8,13,15H,4-5H2,1-3H3. The van der Waals surface area contributed by atoms with E-state index in [4.69, 9.17) is 5.11 Å². The quantitative estimate of drug-likeness (QED) is 0.802. The number of carbonyl (C=O) groups is 1. The van der Waals surface area contributed by atoms with Crippen LogP contribution in [0.5, 0.6) is 0 Å². The van der Waals surface area contributed by atoms with Crippen molar-refractivity contribution >= 4 is 11.6 Å². The highest BCUT2D eigenvalue weighted by molar-refractivity contribution is 5.95. The molecule has 0 radical (unpaired) electrons. The fourth-order valence-electron chi connectivity index (χ4n) is 1.52. The predicted molar refractivity (Wildman–Crippen MR) is 64.8 cm³/mol. The van der Waals surface area contributed by atoms with Gasteiger partial charge < -0.3 is 15.3 Å². The fourth-order valence-corrected chi connectivity index (χ4v) is 1.52. The molecule has 88 valence electrons. The van der Waals surface area contributed by atoms with Gasteiger partial charge in [-0.25, -0.2) is 0 Å². The third-order valence-corrected chi connectivity index (χ3v) is 2.40. The maximum absolute atomic E-state index is 11.9. The summed E-state index contributed by atoms with van der Waals surface area (Å²) in [6.45, 7) is 2.28. The van der Waals surface area contributed by atoms with Crippen LogP contribution in [-0.2, 0) is 0 Å². The van der Waals surface area contributed by atoms with E-state index in [-0.39, 0.29) is 12.5 Å². The van der Waals surface area contributed by atoms with Crippen LogP contribution in [0.4, 0.5) is 5.69 Å². The summed E-state index contributed by atoms with van der Waals surface area (Å²) in [6, 6.07) is 5.63. The zero-order chi connectivity index (χ0) is 12.1. The summed E-state index contributed by atoms with van der Waals surface area (Å²) in [4.78, 5) is 13.5. The van der Waals surface area contributed by atoms with Crippen molar-refractivity contribution in [3.05, 3.63) is 29.3 Å². The van der Waals surface area contributed by atoms with E-state index in [0.717, 1.165) is 11.3 Å². The number of amides is 1. The maximum Gasteiger partial charge on any atom is 0.253 e. The molecule has 1 aromatic carbocycles. The largest absolute Gasteiger partial charge is 0.395 e. The molecule has 0 heterocycles. The molecule has 0 aliphatic heterocycles. The number of anilines is 1. The SMILES string of the molecule is CNc1cc(C)cc(C(=O)N(C)CCO)c1. The van der Waals surface area contributed by atoms with Gasteiger partial charge in [-0.2, -0.15) is 0 Å². The number of nitrogens with one attached hydrogen (secondary N) is 1. The number of aliphatic hydroxyl groups excluding tert-OH is 1. The molecule has 1 aromatic rings. The van der Waals surface area contributed by atoms with Crippen molar-refractivity contribution in [1.82, 2.24) is 4.90 Å². The molecule has 0 fully saturated rings. The molecule has 0 atom stereocenters. The lowest BCUT2D eigenvalue weighted by atomic mass is 10.1. The van der Waals surface area contributed by atoms with Crippen LogP contribution < -0.4 is 5.32 Å². The number of likely N-dealkylation sites (N-methyl/N-ethyl adjacent to an activating group) is 1. The molecule has 16 heavy (non-hydrogen) atoms. The summed E-state index contributed by atoms with van der Waals surface area (Å²) in [7, 11) is 3.50. The summed E-state index contributed by atoms with van der Waals surface area (Å²) in [5.41, 5.74) is 2.59. The fraction of sp³-hybridized carbons (Fsp3) is 0.417. The first kappa shape index (κ1) is 12.5. The van der Waals surface area contributed by atoms with Crippen molar-refractivity contribution in [1.29, 1.82) is 0 Å². The Morgan fingerprint density at radius 1 is 1.44 bits per heavy atom. The molecule has 1 amide bonds. The Bertz CT molecular complexity index is 377. The highest BCUT2D eigenvalue weighted by Gasteiger charge is 2.11. The topological polar surface area (TPSA) is 52.6 Å². The molecule has 0 unspecified atom stereocenters. The Balaban J connectivity index is 2.94. The van der Waals surface area contributed by atoms with E-state index in [2.05, 4.69) is 5.32 Å². The van der Waals surface area contributed by atoms with E-state index in [9.17, 15) is 4.79 Å². The van der Waals surface area contributed by atoms with Crippen LogP contribution in [0.1, 0.15) is 15.9 Å². The first-order valence-corrected chi connectivity index (χ1v) is 5.24. The van der Waals surface area contributed by atoms with Gasteiger partial charge in [0.05, 0.1) is 6.61 Å². The van der Waals surface area contributed by atoms with Crippen LogP contribution in [-0.4, -0.2) is 43.2 Å². The first-order valence-electron chi connectivity index (χ1n) is 5.24. The van der Waals surface area contributed by atoms with Crippen molar-refractivity contribution in [2.24, 2.45) is 0 Å². The Labute approximate surface area is 95.9 Å². The lowest BCUT2D eigenvalue weighted by Gasteiger charge is -2.16. The van der Waals surface area contributed by atoms with E-state index in [1.807, 2.05) is 32.2 Å². The van der Waals surface area contributed by atoms with Gasteiger partial charge >= 0.3 is 0 Å². The number of hydrogen-bond acceptors (Lipinski definition) is 3. The summed E-state index contributed by atoms with van der Waals surface area (Å²) in [6.07, 6.45) is 0. The van der Waals surface area contributed by atoms with Crippen LogP contribution in [0.3, 0.4) is 0 Å². The number of benzene rings is 1. The predicted octanol–water partition coefficient (Wildman–Crippen LogP) is 1.10. The molecule has 0 aliphatic rings. The molecule has 0 aliphatic carbocycles. The first-order chi connectivity index (χ1) is 7.58. The van der Waals surface area contributed by atoms with Gasteiger partial charge in [0.2, 0.25) is 0 Å². The average Bonchev–Trinajstić information content (AvgIpc) is 2.27. The van der Waals surface area contributed by atoms with E-state index < -0.39 is 0 Å². The third kappa shape index (κ3) is 2.97. The Kier molecular flexibility index (Phi) is 4.31. The minimum absolute atomic E-state index is 0.0209. The minimum Gasteiger partial charge on any atom is -0.395 e. The number of carbonyl (C=O) groups excluding carboxylic acids is 1. The van der Waals surface area contributed by atoms with Crippen LogP contribution in [0.15, 0.2) is 18.2 Å². The second-order valence-electron chi connectivity index (χ2n) is 3.79. The van der Waals surface area contributed by atoms with E-state index in [0.29, 0.717) is 12.1 Å². The van der Waals surface area contributed by atoms with Crippen LogP contribution in [0.25, 0.3) is 0 Å². The summed E-state index contributed by atoms with van der Waals surface area (Å²) in [5.74, 6) is -0.0748. The molecule has 0 spiro atoms. The van der Waals surface area contributed by atoms with Crippen molar-refractivity contribution in [3.63, 3.8) is 0 Å². The van der Waals surface area contributed by atoms with Crippen molar-refractivity contribution < 1.29 is 9.90 Å². The molecule has 0 saturated carbocycles. The van der Waals surface area contributed by atoms with Gasteiger partial charge in [-0.1, -0.05) is 0 Å². The highest BCUT2D eigenvalue weighted by atomic mass is 16.3. The van der Waals surface area contributed by atoms with Gasteiger partial charge in [0.1, 0.15) is 0 Å². The Morgan fingerprint density at radius 3 is 2.69 bits per heavy atom. The number of hydrogen-bond donors (Lipinski definition) is 2. The second-order valence-corrected chi connectivity index (χ2v) is 3.79. The molecule has 4 nitrogen and oxygen atoms in total. The second kappa shape index (κ2) is 5.51. The highest BCUT2D eigenvalue weighted by Crippen LogP contribution is 2.15. The zero-order valence-corrected chi connectivity index (χ0v) is 9.95. The average molecular weight is 222 g/mol. The van der Waals surface area contributed by atoms with Gasteiger partial charge in [-0.3, -0.25) is 4.79 Å². The molecule has 1 rings (SSSR count). The van der Waals surface area contributed by atoms with Crippen LogP contribution in [0, 0.1) is 6.92 Å². The summed E-state index contributed by atoms with van der Waals surface area (Å²) >= 11 is 0. The third-order valence-electron chi connectivity index (χ3n) is 2.40. The molecule has 0 saturated heterocycles. The van der Waals surface area contributed by atoms with E-state index >= 15 is 0 Å². The van der Waals surface area contributed by atoms with Crippen molar-refractivity contribution in [3.8, 4) is 0 Å². The molecular weight excluding hydrogens is 204 g/mol. The molecule has 0 bridgehead atoms. The monoisotopic (exact) mass is 222 g/mol. The van der Waals surface area contributed by atoms with Gasteiger partial charge in [0.25, 0.3) is 5.91 Å². The lowest BCUT2D eigenvalue weighted by Crippen LogP contribution is -2.29. The van der Waals surface area contributed by atoms with Gasteiger partial charge in [-0.15, -0.1) is 0 Å². The van der Waals surface area contributed by atoms with Gasteiger partial charge in [0.15, 0.2) is 0 Å². The Hall–Kier alpha value is -1.55. The number of aliphatic hydroxyl groups is 1. The van der Waals surface area contributed by atoms with Gasteiger partial charge in [0, 0.05) is 31.9 Å². The normalized spacial score (nSPS) is 10.0. The number of rotatable bonds is 4. The van der Waals surface area contributed by atoms with Crippen LogP contribution in [0.2, 0.25) is 0 Å². The summed E-state index contributed by atoms with van der Waals surface area (Å²) in [5, 5.41) is 11.8. The van der Waals surface area contributed by atoms with E-state index in [1.165, 1.54) is 4.90 Å². The van der Waals surface area contributed by atoms with Crippen molar-refractivity contribution in [2.45, 2.75) is 6.92 Å². The molecular formula is C12H18N2O2. The van der Waals surface area contributed by atoms with Crippen LogP contribution >= 0.6 is 0 Å². The van der Waals surface area contributed by atoms with Crippen molar-refractivity contribution in [2.75, 3.05) is 32.6 Å². The maximum atomic E-state index is 11.9. The Morgan fingerprint density at radius 2 is 2.12 bits per heavy atom. The number of nitrogens with zero attached hydrogens (tertiary/aromatic N) is 1. The van der Waals surface area contributed by atoms with Gasteiger partial charge in [-0.05, 0) is 30.7 Å². The minimum atomic E-state index is -0.0748. The van der Waals surface area contributed by atoms with E-state index in [1.54, 1.807) is 7.05 Å². The number of aryl methyl sites for hydroxylation is 1. The molecule has 2 N–H and O–H groups in total. The zero-order valence-electron chi connectivity index (χ0n) is 9.95. The molecule has 4 heteroatoms. The smallest absolute Gasteiger partial charge is 0.253 e. The lowest BCUT2D eigenvalue weighted by molar-refractivity contribution is 0.0767. The summed E-state index contributed by atoms with van der Waals surface area (Å²) < 4.78 is 0.